The quantitative estimate of drug-likeness (QED) is 0.388. The van der Waals surface area contributed by atoms with Gasteiger partial charge in [-0.25, -0.2) is 0 Å². The summed E-state index contributed by atoms with van der Waals surface area (Å²) in [7, 11) is 0. The zero-order valence-electron chi connectivity index (χ0n) is 6.05. The van der Waals surface area contributed by atoms with E-state index in [1.54, 1.807) is 0 Å². The van der Waals surface area contributed by atoms with Crippen LogP contribution in [0.15, 0.2) is 0 Å². The molecule has 0 radical (unpaired) electrons. The minimum absolute atomic E-state index is 0.237. The molecule has 0 aromatic heterocycles. The lowest BCUT2D eigenvalue weighted by molar-refractivity contribution is -0.106. The van der Waals surface area contributed by atoms with Crippen molar-refractivity contribution in [1.82, 2.24) is 0 Å². The first-order valence-electron chi connectivity index (χ1n) is 3.01. The van der Waals surface area contributed by atoms with Gasteiger partial charge in [0.2, 0.25) is 0 Å². The van der Waals surface area contributed by atoms with Crippen LogP contribution in [0.5, 0.6) is 0 Å². The van der Waals surface area contributed by atoms with Crippen LogP contribution in [0, 0.1) is 24.7 Å². The maximum Gasteiger partial charge on any atom is 0.169 e. The van der Waals surface area contributed by atoms with Gasteiger partial charge in [-0.3, -0.25) is 0 Å². The molecule has 2 nitrogen and oxygen atoms in total. The van der Waals surface area contributed by atoms with E-state index in [1.807, 2.05) is 0 Å². The SMILES string of the molecule is C#CCOC(CBr)OCC#C. The van der Waals surface area contributed by atoms with E-state index in [0.717, 1.165) is 0 Å². The predicted molar refractivity (Wildman–Crippen MR) is 47.2 cm³/mol. The van der Waals surface area contributed by atoms with Crippen LogP contribution in [0.1, 0.15) is 0 Å². The molecule has 3 heteroatoms. The van der Waals surface area contributed by atoms with E-state index in [-0.39, 0.29) is 19.5 Å². The molecule has 11 heavy (non-hydrogen) atoms. The van der Waals surface area contributed by atoms with Crippen LogP contribution in [-0.2, 0) is 9.47 Å². The number of ether oxygens (including phenoxy) is 2. The van der Waals surface area contributed by atoms with Crippen molar-refractivity contribution in [2.75, 3.05) is 18.5 Å². The summed E-state index contributed by atoms with van der Waals surface area (Å²) in [6.07, 6.45) is 9.60. The molecule has 0 saturated heterocycles. The molecular formula is C8H9BrO2. The molecule has 0 amide bonds. The first-order chi connectivity index (χ1) is 5.35. The minimum Gasteiger partial charge on any atom is -0.339 e. The smallest absolute Gasteiger partial charge is 0.169 e. The Bertz CT molecular complexity index is 148. The van der Waals surface area contributed by atoms with Crippen molar-refractivity contribution >= 4 is 15.9 Å². The lowest BCUT2D eigenvalue weighted by Crippen LogP contribution is -2.19. The van der Waals surface area contributed by atoms with Crippen molar-refractivity contribution in [3.8, 4) is 24.7 Å². The van der Waals surface area contributed by atoms with Crippen molar-refractivity contribution < 1.29 is 9.47 Å². The minimum atomic E-state index is -0.345. The van der Waals surface area contributed by atoms with Gasteiger partial charge < -0.3 is 9.47 Å². The van der Waals surface area contributed by atoms with Gasteiger partial charge in [-0.2, -0.15) is 0 Å². The Morgan fingerprint density at radius 2 is 1.64 bits per heavy atom. The lowest BCUT2D eigenvalue weighted by atomic mass is 10.6. The molecule has 0 aromatic rings. The van der Waals surface area contributed by atoms with Crippen LogP contribution in [-0.4, -0.2) is 24.8 Å². The van der Waals surface area contributed by atoms with Gasteiger partial charge in [0, 0.05) is 0 Å². The zero-order valence-corrected chi connectivity index (χ0v) is 7.63. The second-order valence-corrected chi connectivity index (χ2v) is 2.26. The molecule has 0 aromatic carbocycles. The summed E-state index contributed by atoms with van der Waals surface area (Å²) in [5.41, 5.74) is 0. The van der Waals surface area contributed by atoms with E-state index in [1.165, 1.54) is 0 Å². The Kier molecular flexibility index (Phi) is 7.29. The molecule has 0 spiro atoms. The van der Waals surface area contributed by atoms with Gasteiger partial charge in [0.25, 0.3) is 0 Å². The van der Waals surface area contributed by atoms with Crippen LogP contribution in [0.4, 0.5) is 0 Å². The third-order valence-corrected chi connectivity index (χ3v) is 1.36. The third kappa shape index (κ3) is 5.94. The van der Waals surface area contributed by atoms with Gasteiger partial charge in [-0.1, -0.05) is 27.8 Å². The average Bonchev–Trinajstić information content (AvgIpc) is 2.05. The number of hydrogen-bond acceptors (Lipinski definition) is 2. The van der Waals surface area contributed by atoms with Crippen LogP contribution in [0.2, 0.25) is 0 Å². The van der Waals surface area contributed by atoms with E-state index in [2.05, 4.69) is 27.8 Å². The summed E-state index contributed by atoms with van der Waals surface area (Å²) in [5.74, 6) is 4.67. The van der Waals surface area contributed by atoms with Crippen molar-refractivity contribution in [2.45, 2.75) is 6.29 Å². The van der Waals surface area contributed by atoms with E-state index in [9.17, 15) is 0 Å². The average molecular weight is 217 g/mol. The van der Waals surface area contributed by atoms with Crippen LogP contribution >= 0.6 is 15.9 Å². The van der Waals surface area contributed by atoms with Crippen LogP contribution in [0.3, 0.4) is 0 Å². The number of hydrogen-bond donors (Lipinski definition) is 0. The maximum absolute atomic E-state index is 5.04. The standard InChI is InChI=1S/C8H9BrO2/c1-3-5-10-8(7-9)11-6-4-2/h1-2,8H,5-7H2. The molecule has 0 N–H and O–H groups in total. The largest absolute Gasteiger partial charge is 0.339 e. The van der Waals surface area contributed by atoms with Crippen LogP contribution in [0.25, 0.3) is 0 Å². The molecular weight excluding hydrogens is 208 g/mol. The summed E-state index contributed by atoms with van der Waals surface area (Å²) in [6.45, 7) is 0.474. The molecule has 0 saturated carbocycles. The summed E-state index contributed by atoms with van der Waals surface area (Å²) in [6, 6.07) is 0. The number of halogens is 1. The molecule has 0 aliphatic rings. The van der Waals surface area contributed by atoms with E-state index in [0.29, 0.717) is 5.33 Å². The molecule has 0 heterocycles. The Balaban J connectivity index is 3.44. The van der Waals surface area contributed by atoms with Crippen molar-refractivity contribution in [3.05, 3.63) is 0 Å². The van der Waals surface area contributed by atoms with Crippen molar-refractivity contribution in [2.24, 2.45) is 0 Å². The molecule has 0 fully saturated rings. The number of terminal acetylenes is 2. The first kappa shape index (κ1) is 10.5. The topological polar surface area (TPSA) is 18.5 Å². The maximum atomic E-state index is 5.04. The molecule has 0 aliphatic carbocycles. The van der Waals surface area contributed by atoms with Gasteiger partial charge in [0.15, 0.2) is 6.29 Å². The highest BCUT2D eigenvalue weighted by Crippen LogP contribution is 1.98. The summed E-state index contributed by atoms with van der Waals surface area (Å²) in [5, 5.41) is 0.566. The number of rotatable bonds is 5. The summed E-state index contributed by atoms with van der Waals surface area (Å²) >= 11 is 3.19. The summed E-state index contributed by atoms with van der Waals surface area (Å²) < 4.78 is 10.1. The van der Waals surface area contributed by atoms with Crippen LogP contribution < -0.4 is 0 Å². The highest BCUT2D eigenvalue weighted by Gasteiger charge is 2.04. The molecule has 60 valence electrons. The van der Waals surface area contributed by atoms with Gasteiger partial charge in [-0.05, 0) is 0 Å². The highest BCUT2D eigenvalue weighted by molar-refractivity contribution is 9.09. The van der Waals surface area contributed by atoms with Crippen molar-refractivity contribution in [1.29, 1.82) is 0 Å². The zero-order chi connectivity index (χ0) is 8.53. The molecule has 0 atom stereocenters. The fraction of sp³-hybridized carbons (Fsp3) is 0.500. The van der Waals surface area contributed by atoms with E-state index < -0.39 is 0 Å². The van der Waals surface area contributed by atoms with Crippen molar-refractivity contribution in [3.63, 3.8) is 0 Å². The molecule has 0 rings (SSSR count). The molecule has 0 aliphatic heterocycles. The lowest BCUT2D eigenvalue weighted by Gasteiger charge is -2.11. The highest BCUT2D eigenvalue weighted by atomic mass is 79.9. The number of alkyl halides is 1. The Hall–Kier alpha value is -0.480. The third-order valence-electron chi connectivity index (χ3n) is 0.831. The normalized spacial score (nSPS) is 9.09. The Morgan fingerprint density at radius 1 is 1.18 bits per heavy atom. The van der Waals surface area contributed by atoms with Gasteiger partial charge in [0.05, 0.1) is 5.33 Å². The van der Waals surface area contributed by atoms with E-state index >= 15 is 0 Å². The monoisotopic (exact) mass is 216 g/mol. The van der Waals surface area contributed by atoms with Gasteiger partial charge in [0.1, 0.15) is 13.2 Å². The Labute approximate surface area is 75.4 Å². The second-order valence-electron chi connectivity index (χ2n) is 1.61. The van der Waals surface area contributed by atoms with Gasteiger partial charge in [-0.15, -0.1) is 12.8 Å². The fourth-order valence-corrected chi connectivity index (χ4v) is 0.793. The second kappa shape index (κ2) is 7.63. The Morgan fingerprint density at radius 3 is 1.91 bits per heavy atom. The summed E-state index contributed by atoms with van der Waals surface area (Å²) in [4.78, 5) is 0. The first-order valence-corrected chi connectivity index (χ1v) is 4.13. The molecule has 0 unspecified atom stereocenters. The molecule has 0 bridgehead atoms. The van der Waals surface area contributed by atoms with E-state index in [4.69, 9.17) is 22.3 Å². The predicted octanol–water partition coefficient (Wildman–Crippen LogP) is 1.01. The fourth-order valence-electron chi connectivity index (χ4n) is 0.419. The van der Waals surface area contributed by atoms with Gasteiger partial charge >= 0.3 is 0 Å².